The number of para-hydroxylation sites is 1. The van der Waals surface area contributed by atoms with Crippen LogP contribution in [0.4, 0.5) is 0 Å². The zero-order chi connectivity index (χ0) is 18.2. The van der Waals surface area contributed by atoms with Crippen LogP contribution in [0, 0.1) is 0 Å². The summed E-state index contributed by atoms with van der Waals surface area (Å²) in [7, 11) is 0. The van der Waals surface area contributed by atoms with Crippen molar-refractivity contribution in [2.24, 2.45) is 0 Å². The van der Waals surface area contributed by atoms with Gasteiger partial charge in [0.25, 0.3) is 5.91 Å². The van der Waals surface area contributed by atoms with Crippen LogP contribution in [0.15, 0.2) is 54.6 Å². The van der Waals surface area contributed by atoms with Crippen molar-refractivity contribution in [2.45, 2.75) is 25.9 Å². The van der Waals surface area contributed by atoms with Gasteiger partial charge in [-0.25, -0.2) is 0 Å². The lowest BCUT2D eigenvalue weighted by molar-refractivity contribution is -0.127. The number of amides is 2. The number of rotatable bonds is 8. The first-order valence-electron chi connectivity index (χ1n) is 9.05. The summed E-state index contributed by atoms with van der Waals surface area (Å²) in [5.41, 5.74) is 1.64. The molecule has 1 aliphatic rings. The molecule has 1 fully saturated rings. The SMILES string of the molecule is O=C(NCCCN1CCCC1=O)c1ccc(COc2ccccc2)cc1. The van der Waals surface area contributed by atoms with E-state index in [1.807, 2.05) is 59.5 Å². The van der Waals surface area contributed by atoms with Crippen molar-refractivity contribution in [3.63, 3.8) is 0 Å². The molecule has 0 bridgehead atoms. The van der Waals surface area contributed by atoms with Gasteiger partial charge in [-0.1, -0.05) is 30.3 Å². The zero-order valence-electron chi connectivity index (χ0n) is 14.8. The summed E-state index contributed by atoms with van der Waals surface area (Å²) in [6, 6.07) is 17.1. The molecule has 0 spiro atoms. The minimum Gasteiger partial charge on any atom is -0.489 e. The van der Waals surface area contributed by atoms with Crippen LogP contribution in [0.2, 0.25) is 0 Å². The molecule has 1 heterocycles. The Bertz CT molecular complexity index is 729. The summed E-state index contributed by atoms with van der Waals surface area (Å²) >= 11 is 0. The van der Waals surface area contributed by atoms with Crippen LogP contribution in [0.1, 0.15) is 35.2 Å². The first kappa shape index (κ1) is 18.0. The van der Waals surface area contributed by atoms with Crippen LogP contribution in [0.25, 0.3) is 0 Å². The average Bonchev–Trinajstić information content (AvgIpc) is 3.09. The van der Waals surface area contributed by atoms with Crippen molar-refractivity contribution in [2.75, 3.05) is 19.6 Å². The first-order chi connectivity index (χ1) is 12.7. The summed E-state index contributed by atoms with van der Waals surface area (Å²) < 4.78 is 5.70. The van der Waals surface area contributed by atoms with Crippen molar-refractivity contribution in [1.82, 2.24) is 10.2 Å². The van der Waals surface area contributed by atoms with Gasteiger partial charge in [-0.3, -0.25) is 9.59 Å². The lowest BCUT2D eigenvalue weighted by Gasteiger charge is -2.15. The summed E-state index contributed by atoms with van der Waals surface area (Å²) in [6.45, 7) is 2.60. The fourth-order valence-corrected chi connectivity index (χ4v) is 2.95. The Morgan fingerprint density at radius 2 is 1.85 bits per heavy atom. The maximum absolute atomic E-state index is 12.2. The Kier molecular flexibility index (Phi) is 6.25. The predicted molar refractivity (Wildman–Crippen MR) is 100.0 cm³/mol. The highest BCUT2D eigenvalue weighted by Gasteiger charge is 2.19. The Morgan fingerprint density at radius 3 is 2.54 bits per heavy atom. The number of likely N-dealkylation sites (tertiary alicyclic amines) is 1. The van der Waals surface area contributed by atoms with Gasteiger partial charge in [-0.15, -0.1) is 0 Å². The first-order valence-corrected chi connectivity index (χ1v) is 9.05. The monoisotopic (exact) mass is 352 g/mol. The maximum Gasteiger partial charge on any atom is 0.251 e. The molecule has 1 saturated heterocycles. The lowest BCUT2D eigenvalue weighted by Crippen LogP contribution is -2.30. The molecule has 0 radical (unpaired) electrons. The van der Waals surface area contributed by atoms with E-state index < -0.39 is 0 Å². The van der Waals surface area contributed by atoms with Crippen LogP contribution < -0.4 is 10.1 Å². The lowest BCUT2D eigenvalue weighted by atomic mass is 10.1. The molecule has 0 atom stereocenters. The molecule has 3 rings (SSSR count). The second-order valence-corrected chi connectivity index (χ2v) is 6.39. The number of benzene rings is 2. The highest BCUT2D eigenvalue weighted by molar-refractivity contribution is 5.94. The molecule has 0 aromatic heterocycles. The van der Waals surface area contributed by atoms with E-state index in [-0.39, 0.29) is 11.8 Å². The third kappa shape index (κ3) is 5.09. The van der Waals surface area contributed by atoms with E-state index in [0.717, 1.165) is 37.2 Å². The van der Waals surface area contributed by atoms with Gasteiger partial charge in [0, 0.05) is 31.6 Å². The number of carbonyl (C=O) groups is 2. The summed E-state index contributed by atoms with van der Waals surface area (Å²) in [5, 5.41) is 2.91. The Balaban J connectivity index is 1.39. The van der Waals surface area contributed by atoms with Gasteiger partial charge in [0.2, 0.25) is 5.91 Å². The number of ether oxygens (including phenoxy) is 1. The van der Waals surface area contributed by atoms with Gasteiger partial charge in [-0.05, 0) is 42.7 Å². The van der Waals surface area contributed by atoms with Crippen molar-refractivity contribution in [3.05, 3.63) is 65.7 Å². The minimum absolute atomic E-state index is 0.0896. The predicted octanol–water partition coefficient (Wildman–Crippen LogP) is 3.01. The standard InChI is InChI=1S/C21H24N2O3/c24-20-8-4-14-23(20)15-5-13-22-21(25)18-11-9-17(10-12-18)16-26-19-6-2-1-3-7-19/h1-3,6-7,9-12H,4-5,8,13-16H2,(H,22,25). The van der Waals surface area contributed by atoms with Gasteiger partial charge in [0.05, 0.1) is 0 Å². The molecule has 0 unspecified atom stereocenters. The Labute approximate surface area is 154 Å². The molecular weight excluding hydrogens is 328 g/mol. The number of carbonyl (C=O) groups excluding carboxylic acids is 2. The highest BCUT2D eigenvalue weighted by Crippen LogP contribution is 2.12. The molecule has 2 aromatic carbocycles. The Morgan fingerprint density at radius 1 is 1.08 bits per heavy atom. The van der Waals surface area contributed by atoms with Crippen molar-refractivity contribution < 1.29 is 14.3 Å². The number of hydrogen-bond acceptors (Lipinski definition) is 3. The highest BCUT2D eigenvalue weighted by atomic mass is 16.5. The van der Waals surface area contributed by atoms with Gasteiger partial charge in [0.1, 0.15) is 12.4 Å². The molecule has 1 N–H and O–H groups in total. The fraction of sp³-hybridized carbons (Fsp3) is 0.333. The van der Waals surface area contributed by atoms with Crippen molar-refractivity contribution >= 4 is 11.8 Å². The quantitative estimate of drug-likeness (QED) is 0.743. The topological polar surface area (TPSA) is 58.6 Å². The molecule has 26 heavy (non-hydrogen) atoms. The summed E-state index contributed by atoms with van der Waals surface area (Å²) in [5.74, 6) is 0.962. The fourth-order valence-electron chi connectivity index (χ4n) is 2.95. The largest absolute Gasteiger partial charge is 0.489 e. The maximum atomic E-state index is 12.2. The van der Waals surface area contributed by atoms with Gasteiger partial charge in [-0.2, -0.15) is 0 Å². The third-order valence-corrected chi connectivity index (χ3v) is 4.43. The average molecular weight is 352 g/mol. The second-order valence-electron chi connectivity index (χ2n) is 6.39. The smallest absolute Gasteiger partial charge is 0.251 e. The minimum atomic E-state index is -0.0896. The van der Waals surface area contributed by atoms with Crippen LogP contribution in [0.5, 0.6) is 5.75 Å². The zero-order valence-corrected chi connectivity index (χ0v) is 14.8. The molecule has 0 aliphatic carbocycles. The van der Waals surface area contributed by atoms with Crippen LogP contribution in [-0.4, -0.2) is 36.3 Å². The summed E-state index contributed by atoms with van der Waals surface area (Å²) in [6.07, 6.45) is 2.39. The van der Waals surface area contributed by atoms with Gasteiger partial charge in [0.15, 0.2) is 0 Å². The third-order valence-electron chi connectivity index (χ3n) is 4.43. The summed E-state index contributed by atoms with van der Waals surface area (Å²) in [4.78, 5) is 25.6. The molecule has 136 valence electrons. The van der Waals surface area contributed by atoms with Crippen LogP contribution >= 0.6 is 0 Å². The van der Waals surface area contributed by atoms with Gasteiger partial charge >= 0.3 is 0 Å². The van der Waals surface area contributed by atoms with Crippen molar-refractivity contribution in [1.29, 1.82) is 0 Å². The number of nitrogens with zero attached hydrogens (tertiary/aromatic N) is 1. The van der Waals surface area contributed by atoms with Crippen molar-refractivity contribution in [3.8, 4) is 5.75 Å². The number of hydrogen-bond donors (Lipinski definition) is 1. The van der Waals surface area contributed by atoms with E-state index in [2.05, 4.69) is 5.32 Å². The molecule has 2 aromatic rings. The van der Waals surface area contributed by atoms with E-state index >= 15 is 0 Å². The van der Waals surface area contributed by atoms with E-state index in [9.17, 15) is 9.59 Å². The Hall–Kier alpha value is -2.82. The number of nitrogens with one attached hydrogen (secondary N) is 1. The molecule has 0 saturated carbocycles. The molecular formula is C21H24N2O3. The second kappa shape index (κ2) is 9.04. The van der Waals surface area contributed by atoms with E-state index in [0.29, 0.717) is 25.1 Å². The normalized spacial score (nSPS) is 13.7. The van der Waals surface area contributed by atoms with Crippen LogP contribution in [-0.2, 0) is 11.4 Å². The van der Waals surface area contributed by atoms with E-state index in [1.165, 1.54) is 0 Å². The van der Waals surface area contributed by atoms with E-state index in [4.69, 9.17) is 4.74 Å². The van der Waals surface area contributed by atoms with E-state index in [1.54, 1.807) is 0 Å². The van der Waals surface area contributed by atoms with Gasteiger partial charge < -0.3 is 15.0 Å². The molecule has 5 heteroatoms. The molecule has 5 nitrogen and oxygen atoms in total. The molecule has 1 aliphatic heterocycles. The molecule has 2 amide bonds. The van der Waals surface area contributed by atoms with Crippen LogP contribution in [0.3, 0.4) is 0 Å².